The van der Waals surface area contributed by atoms with E-state index < -0.39 is 29.1 Å². The second kappa shape index (κ2) is 6.72. The Morgan fingerprint density at radius 1 is 0.879 bits per heavy atom. The number of anilines is 1. The van der Waals surface area contributed by atoms with Crippen molar-refractivity contribution in [3.05, 3.63) is 101 Å². The van der Waals surface area contributed by atoms with Crippen LogP contribution in [0, 0.1) is 11.8 Å². The molecule has 0 spiro atoms. The Morgan fingerprint density at radius 2 is 1.45 bits per heavy atom. The standard InChI is InChI=1S/C27H19NO5/c1-33-26(32)15-10-12-16(13-11-15)28-24(30)22-21-17-6-2-4-8-19(17)27(14-29,23(22)25(28)31)20-9-5-3-7-18(20)21/h2-14,21-23H,1H3/t21?,22-,23-,27?/m1/s1. The van der Waals surface area contributed by atoms with Crippen molar-refractivity contribution in [1.29, 1.82) is 0 Å². The molecule has 3 aliphatic carbocycles. The zero-order valence-electron chi connectivity index (χ0n) is 17.7. The summed E-state index contributed by atoms with van der Waals surface area (Å²) in [7, 11) is 1.29. The van der Waals surface area contributed by atoms with Gasteiger partial charge in [0.2, 0.25) is 11.8 Å². The van der Waals surface area contributed by atoms with Gasteiger partial charge in [-0.3, -0.25) is 9.59 Å². The molecule has 7 rings (SSSR count). The highest BCUT2D eigenvalue weighted by Gasteiger charge is 2.68. The van der Waals surface area contributed by atoms with Crippen LogP contribution < -0.4 is 4.90 Å². The fourth-order valence-corrected chi connectivity index (χ4v) is 6.15. The Hall–Kier alpha value is -4.06. The lowest BCUT2D eigenvalue weighted by Crippen LogP contribution is -2.54. The van der Waals surface area contributed by atoms with E-state index in [0.29, 0.717) is 11.3 Å². The van der Waals surface area contributed by atoms with Gasteiger partial charge in [0.25, 0.3) is 0 Å². The van der Waals surface area contributed by atoms with E-state index in [-0.39, 0.29) is 11.8 Å². The molecule has 1 saturated heterocycles. The van der Waals surface area contributed by atoms with Crippen molar-refractivity contribution in [3.63, 3.8) is 0 Å². The Bertz CT molecular complexity index is 1310. The zero-order chi connectivity index (χ0) is 22.9. The summed E-state index contributed by atoms with van der Waals surface area (Å²) in [5, 5.41) is 0. The molecule has 3 aromatic carbocycles. The SMILES string of the molecule is COC(=O)c1ccc(N2C(=O)[C@@H]3C4c5ccccc5C(C=O)(c5ccccc54)[C@H]3C2=O)cc1. The van der Waals surface area contributed by atoms with Gasteiger partial charge >= 0.3 is 5.97 Å². The molecule has 4 aliphatic rings. The van der Waals surface area contributed by atoms with Gasteiger partial charge in [0, 0.05) is 5.92 Å². The van der Waals surface area contributed by atoms with Gasteiger partial charge in [-0.25, -0.2) is 9.69 Å². The summed E-state index contributed by atoms with van der Waals surface area (Å²) in [4.78, 5) is 53.5. The van der Waals surface area contributed by atoms with Crippen molar-refractivity contribution in [2.24, 2.45) is 11.8 Å². The first-order valence-corrected chi connectivity index (χ1v) is 10.8. The van der Waals surface area contributed by atoms with Crippen LogP contribution in [0.5, 0.6) is 0 Å². The number of benzene rings is 3. The monoisotopic (exact) mass is 437 g/mol. The van der Waals surface area contributed by atoms with Gasteiger partial charge in [-0.15, -0.1) is 0 Å². The van der Waals surface area contributed by atoms with Crippen LogP contribution in [-0.4, -0.2) is 31.2 Å². The summed E-state index contributed by atoms with van der Waals surface area (Å²) in [5.41, 5.74) is 2.92. The van der Waals surface area contributed by atoms with Gasteiger partial charge in [-0.2, -0.15) is 0 Å². The van der Waals surface area contributed by atoms with E-state index >= 15 is 0 Å². The molecule has 6 heteroatoms. The van der Waals surface area contributed by atoms with Crippen molar-refractivity contribution in [2.75, 3.05) is 12.0 Å². The lowest BCUT2D eigenvalue weighted by molar-refractivity contribution is -0.128. The molecule has 1 fully saturated rings. The minimum atomic E-state index is -1.22. The van der Waals surface area contributed by atoms with E-state index in [1.807, 2.05) is 48.5 Å². The van der Waals surface area contributed by atoms with Crippen LogP contribution >= 0.6 is 0 Å². The number of ether oxygens (including phenoxy) is 1. The molecule has 1 heterocycles. The lowest BCUT2D eigenvalue weighted by Gasteiger charge is -2.51. The maximum atomic E-state index is 13.9. The molecule has 1 aliphatic heterocycles. The number of imide groups is 1. The second-order valence-electron chi connectivity index (χ2n) is 8.69. The Balaban J connectivity index is 1.55. The average molecular weight is 437 g/mol. The Kier molecular flexibility index (Phi) is 3.99. The fraction of sp³-hybridized carbons (Fsp3) is 0.185. The van der Waals surface area contributed by atoms with E-state index in [0.717, 1.165) is 28.5 Å². The smallest absolute Gasteiger partial charge is 0.337 e. The number of aldehydes is 1. The Morgan fingerprint density at radius 3 is 2.00 bits per heavy atom. The largest absolute Gasteiger partial charge is 0.465 e. The van der Waals surface area contributed by atoms with E-state index in [2.05, 4.69) is 0 Å². The molecule has 0 unspecified atom stereocenters. The molecule has 2 atom stereocenters. The fourth-order valence-electron chi connectivity index (χ4n) is 6.15. The Labute approximate surface area is 189 Å². The second-order valence-corrected chi connectivity index (χ2v) is 8.69. The van der Waals surface area contributed by atoms with Crippen LogP contribution in [0.2, 0.25) is 0 Å². The van der Waals surface area contributed by atoms with Gasteiger partial charge < -0.3 is 9.53 Å². The number of nitrogens with zero attached hydrogens (tertiary/aromatic N) is 1. The summed E-state index contributed by atoms with van der Waals surface area (Å²) in [6.07, 6.45) is 0.854. The highest BCUT2D eigenvalue weighted by Crippen LogP contribution is 2.63. The van der Waals surface area contributed by atoms with Crippen LogP contribution in [0.15, 0.2) is 72.8 Å². The number of hydrogen-bond acceptors (Lipinski definition) is 5. The maximum absolute atomic E-state index is 13.9. The molecular weight excluding hydrogens is 418 g/mol. The van der Waals surface area contributed by atoms with Crippen LogP contribution in [0.3, 0.4) is 0 Å². The molecule has 0 N–H and O–H groups in total. The number of carbonyl (C=O) groups is 4. The van der Waals surface area contributed by atoms with Gasteiger partial charge in [0.15, 0.2) is 0 Å². The minimum absolute atomic E-state index is 0.306. The first-order chi connectivity index (χ1) is 16.0. The maximum Gasteiger partial charge on any atom is 0.337 e. The first kappa shape index (κ1) is 19.6. The molecule has 0 saturated carbocycles. The summed E-state index contributed by atoms with van der Waals surface area (Å²) in [6.45, 7) is 0. The van der Waals surface area contributed by atoms with Crippen LogP contribution in [0.4, 0.5) is 5.69 Å². The normalized spacial score (nSPS) is 26.5. The predicted molar refractivity (Wildman–Crippen MR) is 119 cm³/mol. The number of hydrogen-bond donors (Lipinski definition) is 0. The number of carbonyl (C=O) groups excluding carboxylic acids is 4. The topological polar surface area (TPSA) is 80.8 Å². The molecule has 162 valence electrons. The van der Waals surface area contributed by atoms with E-state index in [9.17, 15) is 19.2 Å². The molecule has 3 aromatic rings. The molecule has 33 heavy (non-hydrogen) atoms. The van der Waals surface area contributed by atoms with Gasteiger partial charge in [-0.05, 0) is 46.5 Å². The molecular formula is C27H19NO5. The number of rotatable bonds is 3. The highest BCUT2D eigenvalue weighted by atomic mass is 16.5. The average Bonchev–Trinajstić information content (AvgIpc) is 3.14. The lowest BCUT2D eigenvalue weighted by atomic mass is 9.48. The molecule has 2 amide bonds. The van der Waals surface area contributed by atoms with Crippen molar-refractivity contribution in [2.45, 2.75) is 11.3 Å². The van der Waals surface area contributed by atoms with Crippen LogP contribution in [0.1, 0.15) is 38.5 Å². The highest BCUT2D eigenvalue weighted by molar-refractivity contribution is 6.24. The van der Waals surface area contributed by atoms with Gasteiger partial charge in [0.05, 0.1) is 35.6 Å². The van der Waals surface area contributed by atoms with E-state index in [1.54, 1.807) is 12.1 Å². The number of methoxy groups -OCH3 is 1. The van der Waals surface area contributed by atoms with Crippen molar-refractivity contribution in [3.8, 4) is 0 Å². The summed E-state index contributed by atoms with van der Waals surface area (Å²) in [6, 6.07) is 21.4. The number of esters is 1. The van der Waals surface area contributed by atoms with Crippen LogP contribution in [0.25, 0.3) is 0 Å². The molecule has 6 nitrogen and oxygen atoms in total. The predicted octanol–water partition coefficient (Wildman–Crippen LogP) is 3.22. The zero-order valence-corrected chi connectivity index (χ0v) is 17.7. The van der Waals surface area contributed by atoms with E-state index in [1.165, 1.54) is 24.1 Å². The summed E-state index contributed by atoms with van der Waals surface area (Å²) < 4.78 is 4.73. The van der Waals surface area contributed by atoms with Crippen LogP contribution in [-0.2, 0) is 24.5 Å². The van der Waals surface area contributed by atoms with Gasteiger partial charge in [0.1, 0.15) is 6.29 Å². The molecule has 2 bridgehead atoms. The minimum Gasteiger partial charge on any atom is -0.465 e. The number of amides is 2. The van der Waals surface area contributed by atoms with Crippen molar-refractivity contribution < 1.29 is 23.9 Å². The summed E-state index contributed by atoms with van der Waals surface area (Å²) in [5.74, 6) is -3.02. The third kappa shape index (κ3) is 2.27. The third-order valence-electron chi connectivity index (χ3n) is 7.42. The summed E-state index contributed by atoms with van der Waals surface area (Å²) >= 11 is 0. The van der Waals surface area contributed by atoms with Crippen molar-refractivity contribution >= 4 is 29.8 Å². The van der Waals surface area contributed by atoms with Gasteiger partial charge in [-0.1, -0.05) is 48.5 Å². The quantitative estimate of drug-likeness (QED) is 0.357. The van der Waals surface area contributed by atoms with Crippen molar-refractivity contribution in [1.82, 2.24) is 0 Å². The first-order valence-electron chi connectivity index (χ1n) is 10.8. The molecule has 0 radical (unpaired) electrons. The molecule has 0 aromatic heterocycles. The van der Waals surface area contributed by atoms with E-state index in [4.69, 9.17) is 4.74 Å². The third-order valence-corrected chi connectivity index (χ3v) is 7.42.